The third kappa shape index (κ3) is 4.79. The maximum Gasteiger partial charge on any atom is 0.264 e. The molecule has 1 saturated heterocycles. The molecule has 0 bridgehead atoms. The summed E-state index contributed by atoms with van der Waals surface area (Å²) >= 11 is 3.15. The Morgan fingerprint density at radius 2 is 1.89 bits per heavy atom. The first kappa shape index (κ1) is 19.1. The fraction of sp³-hybridized carbons (Fsp3) is 0.333. The van der Waals surface area contributed by atoms with E-state index in [1.807, 2.05) is 46.7 Å². The Kier molecular flexibility index (Phi) is 6.04. The Balaban J connectivity index is 1.24. The minimum absolute atomic E-state index is 0.152. The topological polar surface area (TPSA) is 45.7 Å². The molecule has 0 radical (unpaired) electrons. The van der Waals surface area contributed by atoms with Crippen LogP contribution in [0.1, 0.15) is 25.9 Å². The van der Waals surface area contributed by atoms with Gasteiger partial charge < -0.3 is 9.64 Å². The van der Waals surface area contributed by atoms with Crippen LogP contribution in [0.5, 0.6) is 5.75 Å². The van der Waals surface area contributed by atoms with E-state index in [0.717, 1.165) is 54.1 Å². The average Bonchev–Trinajstić information content (AvgIpc) is 3.40. The molecule has 28 heavy (non-hydrogen) atoms. The van der Waals surface area contributed by atoms with Gasteiger partial charge in [-0.1, -0.05) is 23.8 Å². The van der Waals surface area contributed by atoms with Crippen LogP contribution in [0.15, 0.2) is 47.2 Å². The molecule has 0 atom stereocenters. The second kappa shape index (κ2) is 8.86. The van der Waals surface area contributed by atoms with Crippen molar-refractivity contribution in [3.63, 3.8) is 0 Å². The van der Waals surface area contributed by atoms with Crippen LogP contribution >= 0.6 is 22.7 Å². The zero-order chi connectivity index (χ0) is 19.3. The van der Waals surface area contributed by atoms with Crippen molar-refractivity contribution in [3.05, 3.63) is 68.3 Å². The lowest BCUT2D eigenvalue weighted by Gasteiger charge is -2.34. The number of aryl methyl sites for hydroxylation is 1. The summed E-state index contributed by atoms with van der Waals surface area (Å²) in [5.74, 6) is 1.02. The van der Waals surface area contributed by atoms with Gasteiger partial charge in [0.25, 0.3) is 5.91 Å². The van der Waals surface area contributed by atoms with Crippen molar-refractivity contribution < 1.29 is 9.53 Å². The smallest absolute Gasteiger partial charge is 0.264 e. The van der Waals surface area contributed by atoms with E-state index in [1.54, 1.807) is 11.3 Å². The molecule has 1 aliphatic heterocycles. The van der Waals surface area contributed by atoms with Gasteiger partial charge in [0.2, 0.25) is 0 Å². The summed E-state index contributed by atoms with van der Waals surface area (Å²) in [6.45, 7) is 6.68. The first-order chi connectivity index (χ1) is 13.7. The number of nitrogens with zero attached hydrogens (tertiary/aromatic N) is 3. The highest BCUT2D eigenvalue weighted by Gasteiger charge is 2.23. The molecule has 0 spiro atoms. The standard InChI is InChI=1S/C21H23N3O2S2/c1-16-4-6-18(7-5-16)26-14-20-22-17(15-28-20)13-23-8-10-24(11-9-23)21(25)19-3-2-12-27-19/h2-7,12,15H,8-11,13-14H2,1H3. The molecule has 1 fully saturated rings. The fourth-order valence-corrected chi connectivity index (χ4v) is 4.55. The van der Waals surface area contributed by atoms with Gasteiger partial charge in [-0.15, -0.1) is 22.7 Å². The predicted octanol–water partition coefficient (Wildman–Crippen LogP) is 4.05. The number of thiophene rings is 1. The van der Waals surface area contributed by atoms with Crippen molar-refractivity contribution in [3.8, 4) is 5.75 Å². The van der Waals surface area contributed by atoms with E-state index in [0.29, 0.717) is 6.61 Å². The van der Waals surface area contributed by atoms with Crippen molar-refractivity contribution in [1.82, 2.24) is 14.8 Å². The van der Waals surface area contributed by atoms with Gasteiger partial charge in [0.15, 0.2) is 0 Å². The number of carbonyl (C=O) groups is 1. The minimum Gasteiger partial charge on any atom is -0.486 e. The van der Waals surface area contributed by atoms with E-state index < -0.39 is 0 Å². The molecule has 5 nitrogen and oxygen atoms in total. The first-order valence-electron chi connectivity index (χ1n) is 9.35. The Morgan fingerprint density at radius 1 is 1.11 bits per heavy atom. The number of amides is 1. The molecule has 1 aromatic carbocycles. The van der Waals surface area contributed by atoms with Crippen LogP contribution in [-0.2, 0) is 13.2 Å². The molecule has 146 valence electrons. The molecule has 1 amide bonds. The lowest BCUT2D eigenvalue weighted by Crippen LogP contribution is -2.48. The number of piperazine rings is 1. The highest BCUT2D eigenvalue weighted by Crippen LogP contribution is 2.18. The molecule has 0 aliphatic carbocycles. The summed E-state index contributed by atoms with van der Waals surface area (Å²) in [5, 5.41) is 5.05. The second-order valence-electron chi connectivity index (χ2n) is 6.88. The maximum atomic E-state index is 12.4. The summed E-state index contributed by atoms with van der Waals surface area (Å²) in [4.78, 5) is 22.3. The SMILES string of the molecule is Cc1ccc(OCc2nc(CN3CCN(C(=O)c4cccs4)CC3)cs2)cc1. The largest absolute Gasteiger partial charge is 0.486 e. The van der Waals surface area contributed by atoms with Crippen LogP contribution in [0.2, 0.25) is 0 Å². The van der Waals surface area contributed by atoms with Gasteiger partial charge in [-0.3, -0.25) is 9.69 Å². The Labute approximate surface area is 173 Å². The Morgan fingerprint density at radius 3 is 2.61 bits per heavy atom. The highest BCUT2D eigenvalue weighted by atomic mass is 32.1. The van der Waals surface area contributed by atoms with Crippen molar-refractivity contribution >= 4 is 28.6 Å². The van der Waals surface area contributed by atoms with Gasteiger partial charge in [-0.25, -0.2) is 4.98 Å². The number of rotatable bonds is 6. The first-order valence-corrected chi connectivity index (χ1v) is 11.1. The summed E-state index contributed by atoms with van der Waals surface area (Å²) in [7, 11) is 0. The van der Waals surface area contributed by atoms with E-state index >= 15 is 0 Å². The number of ether oxygens (including phenoxy) is 1. The molecule has 0 saturated carbocycles. The van der Waals surface area contributed by atoms with Gasteiger partial charge in [0, 0.05) is 38.1 Å². The monoisotopic (exact) mass is 413 g/mol. The lowest BCUT2D eigenvalue weighted by atomic mass is 10.2. The summed E-state index contributed by atoms with van der Waals surface area (Å²) in [6.07, 6.45) is 0. The normalized spacial score (nSPS) is 15.0. The van der Waals surface area contributed by atoms with Gasteiger partial charge in [-0.05, 0) is 30.5 Å². The van der Waals surface area contributed by atoms with Crippen LogP contribution in [0.25, 0.3) is 0 Å². The molecule has 3 heterocycles. The third-order valence-electron chi connectivity index (χ3n) is 4.76. The molecule has 0 unspecified atom stereocenters. The minimum atomic E-state index is 0.152. The van der Waals surface area contributed by atoms with E-state index in [4.69, 9.17) is 9.72 Å². The number of thiazole rings is 1. The fourth-order valence-electron chi connectivity index (χ4n) is 3.16. The van der Waals surface area contributed by atoms with E-state index in [9.17, 15) is 4.79 Å². The average molecular weight is 414 g/mol. The van der Waals surface area contributed by atoms with Gasteiger partial charge in [0.05, 0.1) is 10.6 Å². The Bertz CT molecular complexity index is 898. The van der Waals surface area contributed by atoms with Crippen LogP contribution < -0.4 is 4.74 Å². The van der Waals surface area contributed by atoms with Crippen LogP contribution in [0, 0.1) is 6.92 Å². The molecule has 7 heteroatoms. The van der Waals surface area contributed by atoms with Crippen LogP contribution in [0.3, 0.4) is 0 Å². The van der Waals surface area contributed by atoms with E-state index in [-0.39, 0.29) is 5.91 Å². The third-order valence-corrected chi connectivity index (χ3v) is 6.49. The molecule has 4 rings (SSSR count). The van der Waals surface area contributed by atoms with Gasteiger partial charge in [0.1, 0.15) is 17.4 Å². The zero-order valence-corrected chi connectivity index (χ0v) is 17.5. The molecule has 1 aliphatic rings. The summed E-state index contributed by atoms with van der Waals surface area (Å²) < 4.78 is 5.82. The van der Waals surface area contributed by atoms with Crippen LogP contribution in [0.4, 0.5) is 0 Å². The molecule has 0 N–H and O–H groups in total. The molecule has 3 aromatic rings. The summed E-state index contributed by atoms with van der Waals surface area (Å²) in [6, 6.07) is 11.9. The number of carbonyl (C=O) groups excluding carboxylic acids is 1. The number of aromatic nitrogens is 1. The van der Waals surface area contributed by atoms with Crippen molar-refractivity contribution in [1.29, 1.82) is 0 Å². The van der Waals surface area contributed by atoms with Crippen LogP contribution in [-0.4, -0.2) is 46.9 Å². The van der Waals surface area contributed by atoms with E-state index in [1.165, 1.54) is 16.9 Å². The van der Waals surface area contributed by atoms with Gasteiger partial charge >= 0.3 is 0 Å². The highest BCUT2D eigenvalue weighted by molar-refractivity contribution is 7.12. The van der Waals surface area contributed by atoms with E-state index in [2.05, 4.69) is 17.2 Å². The second-order valence-corrected chi connectivity index (χ2v) is 8.77. The zero-order valence-electron chi connectivity index (χ0n) is 15.8. The number of hydrogen-bond acceptors (Lipinski definition) is 6. The van der Waals surface area contributed by atoms with Crippen molar-refractivity contribution in [2.24, 2.45) is 0 Å². The molecular weight excluding hydrogens is 390 g/mol. The molecular formula is C21H23N3O2S2. The van der Waals surface area contributed by atoms with Crippen molar-refractivity contribution in [2.75, 3.05) is 26.2 Å². The summed E-state index contributed by atoms with van der Waals surface area (Å²) in [5.41, 5.74) is 2.30. The van der Waals surface area contributed by atoms with Gasteiger partial charge in [-0.2, -0.15) is 0 Å². The number of hydrogen-bond donors (Lipinski definition) is 0. The van der Waals surface area contributed by atoms with Crippen molar-refractivity contribution in [2.45, 2.75) is 20.1 Å². The number of benzene rings is 1. The maximum absolute atomic E-state index is 12.4. The predicted molar refractivity (Wildman–Crippen MR) is 113 cm³/mol. The Hall–Kier alpha value is -2.22. The lowest BCUT2D eigenvalue weighted by molar-refractivity contribution is 0.0632. The molecule has 2 aromatic heterocycles. The quantitative estimate of drug-likeness (QED) is 0.612.